The molecule has 0 aliphatic carbocycles. The monoisotopic (exact) mass is 623 g/mol. The topological polar surface area (TPSA) is 92.3 Å². The van der Waals surface area contributed by atoms with Gasteiger partial charge in [-0.05, 0) is 62.5 Å². The largest absolute Gasteiger partial charge is 0.339 e. The maximum atomic E-state index is 13.6. The van der Waals surface area contributed by atoms with E-state index in [1.165, 1.54) is 5.56 Å². The number of carbonyl (C=O) groups is 3. The number of anilines is 1. The van der Waals surface area contributed by atoms with Gasteiger partial charge in [-0.15, -0.1) is 11.6 Å². The van der Waals surface area contributed by atoms with Crippen molar-refractivity contribution >= 4 is 35.0 Å². The van der Waals surface area contributed by atoms with Crippen LogP contribution in [-0.4, -0.2) is 139 Å². The van der Waals surface area contributed by atoms with Crippen molar-refractivity contribution in [2.75, 3.05) is 96.8 Å². The van der Waals surface area contributed by atoms with E-state index in [-0.39, 0.29) is 29.3 Å². The standard InChI is InChI=1S/C33H46ClN7O3/c1-3-25-5-4-6-27(19-25)28-20-29(36-30(42)21-34)32(35-22-28)33(44)41-17-13-39(14-18-41)23-26-7-9-38(10-8-26)24-31(43)40-15-11-37(2)12-16-40/h4-6,19-20,22,26H,3,7-18,21,23-24H2,1-2H3,(H,36,42). The van der Waals surface area contributed by atoms with Crippen LogP contribution in [0.4, 0.5) is 5.69 Å². The van der Waals surface area contributed by atoms with Crippen molar-refractivity contribution in [1.82, 2.24) is 29.5 Å². The van der Waals surface area contributed by atoms with Gasteiger partial charge in [-0.2, -0.15) is 0 Å². The highest BCUT2D eigenvalue weighted by molar-refractivity contribution is 6.29. The van der Waals surface area contributed by atoms with Crippen molar-refractivity contribution in [2.24, 2.45) is 5.92 Å². The summed E-state index contributed by atoms with van der Waals surface area (Å²) in [6.45, 7) is 12.0. The number of alkyl halides is 1. The summed E-state index contributed by atoms with van der Waals surface area (Å²) in [6, 6.07) is 10.0. The highest BCUT2D eigenvalue weighted by Crippen LogP contribution is 2.27. The normalized spacial score (nSPS) is 19.2. The van der Waals surface area contributed by atoms with E-state index in [0.29, 0.717) is 31.2 Å². The molecule has 3 aliphatic rings. The van der Waals surface area contributed by atoms with Gasteiger partial charge in [0.05, 0.1) is 12.2 Å². The lowest BCUT2D eigenvalue weighted by molar-refractivity contribution is -0.134. The first-order valence-corrected chi connectivity index (χ1v) is 16.5. The molecule has 0 unspecified atom stereocenters. The number of pyridine rings is 1. The number of hydrogen-bond acceptors (Lipinski definition) is 7. The molecular formula is C33H46ClN7O3. The molecule has 3 amide bonds. The van der Waals surface area contributed by atoms with Gasteiger partial charge >= 0.3 is 0 Å². The van der Waals surface area contributed by atoms with Gasteiger partial charge < -0.3 is 20.0 Å². The summed E-state index contributed by atoms with van der Waals surface area (Å²) in [5, 5.41) is 2.80. The first kappa shape index (κ1) is 32.3. The lowest BCUT2D eigenvalue weighted by Gasteiger charge is -2.39. The van der Waals surface area contributed by atoms with E-state index in [9.17, 15) is 14.4 Å². The third kappa shape index (κ3) is 8.35. The van der Waals surface area contributed by atoms with Crippen molar-refractivity contribution < 1.29 is 14.4 Å². The van der Waals surface area contributed by atoms with Gasteiger partial charge in [0.15, 0.2) is 5.69 Å². The fourth-order valence-corrected chi connectivity index (χ4v) is 6.43. The fourth-order valence-electron chi connectivity index (χ4n) is 6.37. The van der Waals surface area contributed by atoms with Crippen LogP contribution in [-0.2, 0) is 16.0 Å². The van der Waals surface area contributed by atoms with Crippen LogP contribution >= 0.6 is 11.6 Å². The summed E-state index contributed by atoms with van der Waals surface area (Å²) in [6.07, 6.45) is 4.81. The molecule has 3 fully saturated rings. The van der Waals surface area contributed by atoms with E-state index in [0.717, 1.165) is 89.3 Å². The van der Waals surface area contributed by atoms with Crippen molar-refractivity contribution in [2.45, 2.75) is 26.2 Å². The minimum atomic E-state index is -0.374. The zero-order chi connectivity index (χ0) is 31.1. The maximum absolute atomic E-state index is 13.6. The van der Waals surface area contributed by atoms with Crippen LogP contribution in [0.2, 0.25) is 0 Å². The van der Waals surface area contributed by atoms with Gasteiger partial charge in [-0.3, -0.25) is 24.2 Å². The van der Waals surface area contributed by atoms with Gasteiger partial charge in [0.1, 0.15) is 5.88 Å². The second kappa shape index (κ2) is 15.3. The van der Waals surface area contributed by atoms with E-state index in [4.69, 9.17) is 11.6 Å². The second-order valence-corrected chi connectivity index (χ2v) is 12.6. The Morgan fingerprint density at radius 1 is 0.886 bits per heavy atom. The van der Waals surface area contributed by atoms with E-state index in [1.807, 2.05) is 28.0 Å². The average Bonchev–Trinajstić information content (AvgIpc) is 3.06. The third-order valence-electron chi connectivity index (χ3n) is 9.25. The summed E-state index contributed by atoms with van der Waals surface area (Å²) in [5.41, 5.74) is 3.65. The van der Waals surface area contributed by atoms with Crippen molar-refractivity contribution in [3.8, 4) is 11.1 Å². The molecule has 1 N–H and O–H groups in total. The second-order valence-electron chi connectivity index (χ2n) is 12.4. The minimum Gasteiger partial charge on any atom is -0.339 e. The minimum absolute atomic E-state index is 0.179. The number of carbonyl (C=O) groups excluding carboxylic acids is 3. The molecule has 3 saturated heterocycles. The van der Waals surface area contributed by atoms with Crippen LogP contribution < -0.4 is 5.32 Å². The smallest absolute Gasteiger partial charge is 0.274 e. The van der Waals surface area contributed by atoms with E-state index >= 15 is 0 Å². The Kier molecular flexibility index (Phi) is 11.2. The van der Waals surface area contributed by atoms with Crippen molar-refractivity contribution in [3.63, 3.8) is 0 Å². The molecule has 3 aliphatic heterocycles. The molecule has 1 aromatic heterocycles. The molecule has 0 bridgehead atoms. The third-order valence-corrected chi connectivity index (χ3v) is 9.49. The molecule has 0 saturated carbocycles. The number of rotatable bonds is 9. The highest BCUT2D eigenvalue weighted by Gasteiger charge is 2.29. The quantitative estimate of drug-likeness (QED) is 0.430. The van der Waals surface area contributed by atoms with Crippen LogP contribution in [0.1, 0.15) is 35.8 Å². The fraction of sp³-hybridized carbons (Fsp3) is 0.576. The Bertz CT molecular complexity index is 1300. The molecule has 238 valence electrons. The summed E-state index contributed by atoms with van der Waals surface area (Å²) < 4.78 is 0. The predicted molar refractivity (Wildman–Crippen MR) is 174 cm³/mol. The number of benzene rings is 1. The molecule has 1 aromatic carbocycles. The Hall–Kier alpha value is -3.05. The van der Waals surface area contributed by atoms with Gasteiger partial charge in [-0.25, -0.2) is 4.98 Å². The van der Waals surface area contributed by atoms with Crippen molar-refractivity contribution in [1.29, 1.82) is 0 Å². The average molecular weight is 624 g/mol. The summed E-state index contributed by atoms with van der Waals surface area (Å²) >= 11 is 5.79. The lowest BCUT2D eigenvalue weighted by atomic mass is 9.96. The summed E-state index contributed by atoms with van der Waals surface area (Å²) in [4.78, 5) is 54.0. The first-order valence-electron chi connectivity index (χ1n) is 16.0. The molecule has 44 heavy (non-hydrogen) atoms. The molecule has 2 aromatic rings. The SMILES string of the molecule is CCc1cccc(-c2cnc(C(=O)N3CCN(CC4CCN(CC(=O)N5CCN(C)CC5)CC4)CC3)c(NC(=O)CCl)c2)c1. The van der Waals surface area contributed by atoms with Gasteiger partial charge in [0.2, 0.25) is 11.8 Å². The number of likely N-dealkylation sites (N-methyl/N-ethyl adjacent to an activating group) is 1. The molecular weight excluding hydrogens is 578 g/mol. The van der Waals surface area contributed by atoms with Crippen LogP contribution in [0.25, 0.3) is 11.1 Å². The van der Waals surface area contributed by atoms with Crippen LogP contribution in [0.15, 0.2) is 36.5 Å². The van der Waals surface area contributed by atoms with Gasteiger partial charge in [-0.1, -0.05) is 31.2 Å². The molecule has 10 nitrogen and oxygen atoms in total. The number of nitrogens with zero attached hydrogens (tertiary/aromatic N) is 6. The van der Waals surface area contributed by atoms with Gasteiger partial charge in [0, 0.05) is 70.7 Å². The van der Waals surface area contributed by atoms with Crippen molar-refractivity contribution in [3.05, 3.63) is 47.8 Å². The number of aromatic nitrogens is 1. The number of piperazine rings is 2. The molecule has 0 spiro atoms. The maximum Gasteiger partial charge on any atom is 0.274 e. The van der Waals surface area contributed by atoms with Crippen LogP contribution in [0.3, 0.4) is 0 Å². The Morgan fingerprint density at radius 2 is 1.59 bits per heavy atom. The highest BCUT2D eigenvalue weighted by atomic mass is 35.5. The van der Waals surface area contributed by atoms with Crippen LogP contribution in [0, 0.1) is 5.92 Å². The van der Waals surface area contributed by atoms with E-state index in [2.05, 4.69) is 51.1 Å². The number of aryl methyl sites for hydroxylation is 1. The van der Waals surface area contributed by atoms with E-state index in [1.54, 1.807) is 6.20 Å². The molecule has 4 heterocycles. The zero-order valence-corrected chi connectivity index (χ0v) is 26.9. The first-order chi connectivity index (χ1) is 21.3. The summed E-state index contributed by atoms with van der Waals surface area (Å²) in [7, 11) is 2.11. The molecule has 0 atom stereocenters. The Balaban J connectivity index is 1.12. The Morgan fingerprint density at radius 3 is 2.27 bits per heavy atom. The molecule has 0 radical (unpaired) electrons. The zero-order valence-electron chi connectivity index (χ0n) is 26.1. The predicted octanol–water partition coefficient (Wildman–Crippen LogP) is 2.73. The van der Waals surface area contributed by atoms with E-state index < -0.39 is 0 Å². The number of piperidine rings is 1. The number of hydrogen-bond donors (Lipinski definition) is 1. The molecule has 5 rings (SSSR count). The van der Waals surface area contributed by atoms with Crippen LogP contribution in [0.5, 0.6) is 0 Å². The summed E-state index contributed by atoms with van der Waals surface area (Å²) in [5.74, 6) is 0.110. The number of halogens is 1. The number of amides is 3. The Labute approximate surface area is 266 Å². The lowest BCUT2D eigenvalue weighted by Crippen LogP contribution is -2.52. The molecule has 11 heteroatoms. The number of likely N-dealkylation sites (tertiary alicyclic amines) is 1. The number of nitrogens with one attached hydrogen (secondary N) is 1. The van der Waals surface area contributed by atoms with Gasteiger partial charge in [0.25, 0.3) is 5.91 Å².